The monoisotopic (exact) mass is 310 g/mol. The number of likely N-dealkylation sites (tertiary alicyclic amines) is 1. The minimum Gasteiger partial charge on any atom is -0.376 e. The zero-order chi connectivity index (χ0) is 15.3. The maximum Gasteiger partial charge on any atom is 0.226 e. The van der Waals surface area contributed by atoms with Crippen LogP contribution in [-0.2, 0) is 11.3 Å². The molecule has 3 fully saturated rings. The van der Waals surface area contributed by atoms with Gasteiger partial charge < -0.3 is 9.64 Å². The maximum atomic E-state index is 5.40. The number of anilines is 1. The molecule has 0 atom stereocenters. The fourth-order valence-corrected chi connectivity index (χ4v) is 3.99. The lowest BCUT2D eigenvalue weighted by molar-refractivity contribution is -0.0855. The van der Waals surface area contributed by atoms with Crippen LogP contribution in [0.3, 0.4) is 0 Å². The largest absolute Gasteiger partial charge is 0.376 e. The highest BCUT2D eigenvalue weighted by Crippen LogP contribution is 2.39. The zero-order valence-corrected chi connectivity index (χ0v) is 13.4. The van der Waals surface area contributed by atoms with E-state index in [2.05, 4.69) is 33.0 Å². The third-order valence-corrected chi connectivity index (χ3v) is 5.59. The molecule has 1 aromatic carbocycles. The van der Waals surface area contributed by atoms with Crippen LogP contribution in [0.1, 0.15) is 24.8 Å². The van der Waals surface area contributed by atoms with Crippen LogP contribution in [-0.4, -0.2) is 53.3 Å². The first-order chi connectivity index (χ1) is 11.3. The van der Waals surface area contributed by atoms with Gasteiger partial charge in [-0.15, -0.1) is 0 Å². The van der Waals surface area contributed by atoms with Crippen LogP contribution in [0.5, 0.6) is 0 Å². The maximum absolute atomic E-state index is 5.40. The number of hydrogen-bond acceptors (Lipinski definition) is 5. The fourth-order valence-electron chi connectivity index (χ4n) is 3.99. The number of rotatable bonds is 3. The molecule has 3 aliphatic heterocycles. The Morgan fingerprint density at radius 1 is 1.13 bits per heavy atom. The summed E-state index contributed by atoms with van der Waals surface area (Å²) in [6, 6.07) is 6.61. The van der Waals surface area contributed by atoms with Crippen molar-refractivity contribution in [1.29, 1.82) is 0 Å². The summed E-state index contributed by atoms with van der Waals surface area (Å²) in [6.45, 7) is 6.19. The summed E-state index contributed by atoms with van der Waals surface area (Å²) in [6.07, 6.45) is 5.85. The van der Waals surface area contributed by atoms with E-state index in [1.54, 1.807) is 0 Å². The Hall–Kier alpha value is -1.72. The van der Waals surface area contributed by atoms with Gasteiger partial charge in [0.15, 0.2) is 0 Å². The summed E-state index contributed by atoms with van der Waals surface area (Å²) in [5, 5.41) is 1.14. The smallest absolute Gasteiger partial charge is 0.226 e. The lowest BCUT2D eigenvalue weighted by atomic mass is 9.83. The Morgan fingerprint density at radius 2 is 2.00 bits per heavy atom. The van der Waals surface area contributed by atoms with Gasteiger partial charge in [-0.3, -0.25) is 4.90 Å². The molecule has 23 heavy (non-hydrogen) atoms. The molecule has 3 aliphatic rings. The van der Waals surface area contributed by atoms with Crippen molar-refractivity contribution in [2.45, 2.75) is 31.3 Å². The van der Waals surface area contributed by atoms with Gasteiger partial charge >= 0.3 is 0 Å². The van der Waals surface area contributed by atoms with Crippen molar-refractivity contribution in [2.24, 2.45) is 0 Å². The highest BCUT2D eigenvalue weighted by Gasteiger charge is 2.51. The SMILES string of the molecule is c1cc2nc(N3CCC34COC4)ncc2cc1CN1CCCC1. The molecule has 0 radical (unpaired) electrons. The highest BCUT2D eigenvalue weighted by molar-refractivity contribution is 5.79. The Labute approximate surface area is 136 Å². The first-order valence-electron chi connectivity index (χ1n) is 8.66. The highest BCUT2D eigenvalue weighted by atomic mass is 16.5. The number of fused-ring (bicyclic) bond motifs is 1. The fraction of sp³-hybridized carbons (Fsp3) is 0.556. The van der Waals surface area contributed by atoms with Crippen LogP contribution >= 0.6 is 0 Å². The van der Waals surface area contributed by atoms with Crippen molar-refractivity contribution in [3.05, 3.63) is 30.0 Å². The molecule has 0 amide bonds. The summed E-state index contributed by atoms with van der Waals surface area (Å²) in [5.41, 5.74) is 2.61. The first-order valence-corrected chi connectivity index (χ1v) is 8.66. The van der Waals surface area contributed by atoms with Crippen molar-refractivity contribution in [2.75, 3.05) is 37.7 Å². The second-order valence-corrected chi connectivity index (χ2v) is 7.17. The molecule has 0 N–H and O–H groups in total. The first kappa shape index (κ1) is 13.7. The molecule has 1 spiro atoms. The summed E-state index contributed by atoms with van der Waals surface area (Å²) in [4.78, 5) is 14.3. The second-order valence-electron chi connectivity index (χ2n) is 7.17. The predicted octanol–water partition coefficient (Wildman–Crippen LogP) is 2.20. The minimum absolute atomic E-state index is 0.198. The minimum atomic E-state index is 0.198. The average molecular weight is 310 g/mol. The van der Waals surface area contributed by atoms with Crippen molar-refractivity contribution in [3.8, 4) is 0 Å². The Kier molecular flexibility index (Phi) is 3.06. The van der Waals surface area contributed by atoms with E-state index in [0.717, 1.165) is 43.2 Å². The van der Waals surface area contributed by atoms with Gasteiger partial charge in [0.05, 0.1) is 24.3 Å². The van der Waals surface area contributed by atoms with Gasteiger partial charge in [-0.1, -0.05) is 6.07 Å². The van der Waals surface area contributed by atoms with Gasteiger partial charge in [-0.05, 0) is 50.0 Å². The molecule has 5 rings (SSSR count). The Morgan fingerprint density at radius 3 is 2.70 bits per heavy atom. The Balaban J connectivity index is 1.40. The normalized spacial score (nSPS) is 23.2. The van der Waals surface area contributed by atoms with E-state index in [0.29, 0.717) is 0 Å². The standard InChI is InChI=1S/C18H22N4O/c1-2-7-21(6-1)11-14-3-4-16-15(9-14)10-19-17(20-16)22-8-5-18(22)12-23-13-18/h3-4,9-10H,1-2,5-8,11-13H2. The quantitative estimate of drug-likeness (QED) is 0.869. The number of ether oxygens (including phenoxy) is 1. The van der Waals surface area contributed by atoms with Gasteiger partial charge in [0.25, 0.3) is 0 Å². The summed E-state index contributed by atoms with van der Waals surface area (Å²) in [5.74, 6) is 0.861. The predicted molar refractivity (Wildman–Crippen MR) is 89.6 cm³/mol. The summed E-state index contributed by atoms with van der Waals surface area (Å²) < 4.78 is 5.40. The number of aromatic nitrogens is 2. The van der Waals surface area contributed by atoms with Crippen LogP contribution in [0.15, 0.2) is 24.4 Å². The van der Waals surface area contributed by atoms with Gasteiger partial charge in [0.2, 0.25) is 5.95 Å². The van der Waals surface area contributed by atoms with E-state index >= 15 is 0 Å². The van der Waals surface area contributed by atoms with Gasteiger partial charge in [-0.25, -0.2) is 9.97 Å². The Bertz CT molecular complexity index is 731. The number of hydrogen-bond donors (Lipinski definition) is 0. The summed E-state index contributed by atoms with van der Waals surface area (Å²) >= 11 is 0. The van der Waals surface area contributed by atoms with Crippen LogP contribution in [0.4, 0.5) is 5.95 Å². The molecule has 120 valence electrons. The third-order valence-electron chi connectivity index (χ3n) is 5.59. The number of benzene rings is 1. The van der Waals surface area contributed by atoms with E-state index in [1.165, 1.54) is 37.9 Å². The second kappa shape index (κ2) is 5.14. The molecule has 5 nitrogen and oxygen atoms in total. The molecule has 1 aromatic heterocycles. The average Bonchev–Trinajstić information content (AvgIpc) is 2.98. The van der Waals surface area contributed by atoms with E-state index in [-0.39, 0.29) is 5.54 Å². The number of nitrogens with zero attached hydrogens (tertiary/aromatic N) is 4. The van der Waals surface area contributed by atoms with Gasteiger partial charge in [0, 0.05) is 24.7 Å². The molecule has 0 aliphatic carbocycles. The van der Waals surface area contributed by atoms with Crippen LogP contribution in [0.2, 0.25) is 0 Å². The lowest BCUT2D eigenvalue weighted by Gasteiger charge is -2.57. The molecular formula is C18H22N4O. The van der Waals surface area contributed by atoms with E-state index in [1.807, 2.05) is 6.20 Å². The van der Waals surface area contributed by atoms with Crippen LogP contribution in [0.25, 0.3) is 10.9 Å². The van der Waals surface area contributed by atoms with Crippen molar-refractivity contribution < 1.29 is 4.74 Å². The van der Waals surface area contributed by atoms with Crippen molar-refractivity contribution >= 4 is 16.9 Å². The van der Waals surface area contributed by atoms with E-state index in [9.17, 15) is 0 Å². The van der Waals surface area contributed by atoms with Crippen LogP contribution < -0.4 is 4.90 Å². The van der Waals surface area contributed by atoms with Gasteiger partial charge in [-0.2, -0.15) is 0 Å². The lowest BCUT2D eigenvalue weighted by Crippen LogP contribution is -2.71. The molecule has 4 heterocycles. The van der Waals surface area contributed by atoms with Gasteiger partial charge in [0.1, 0.15) is 0 Å². The zero-order valence-electron chi connectivity index (χ0n) is 13.4. The van der Waals surface area contributed by atoms with Crippen molar-refractivity contribution in [3.63, 3.8) is 0 Å². The molecular weight excluding hydrogens is 288 g/mol. The topological polar surface area (TPSA) is 41.5 Å². The van der Waals surface area contributed by atoms with E-state index in [4.69, 9.17) is 9.72 Å². The van der Waals surface area contributed by atoms with Crippen LogP contribution in [0, 0.1) is 0 Å². The molecule has 5 heteroatoms. The molecule has 0 bridgehead atoms. The third kappa shape index (κ3) is 2.22. The molecule has 0 unspecified atom stereocenters. The molecule has 2 aromatic rings. The van der Waals surface area contributed by atoms with Crippen molar-refractivity contribution in [1.82, 2.24) is 14.9 Å². The molecule has 3 saturated heterocycles. The molecule has 0 saturated carbocycles. The summed E-state index contributed by atoms with van der Waals surface area (Å²) in [7, 11) is 0. The van der Waals surface area contributed by atoms with E-state index < -0.39 is 0 Å².